The van der Waals surface area contributed by atoms with Crippen LogP contribution in [-0.2, 0) is 15.0 Å². The molecule has 4 rings (SSSR count). The second-order valence-electron chi connectivity index (χ2n) is 7.72. The van der Waals surface area contributed by atoms with E-state index in [2.05, 4.69) is 6.07 Å². The number of hydrogen-bond donors (Lipinski definition) is 0. The Bertz CT molecular complexity index is 837. The number of Topliss-reactive ketones (excluding diaryl/α,β-unsaturated/α-hetero) is 1. The number of carbonyl (C=O) groups is 2. The molecule has 0 bridgehead atoms. The summed E-state index contributed by atoms with van der Waals surface area (Å²) in [7, 11) is 0. The summed E-state index contributed by atoms with van der Waals surface area (Å²) in [5.74, 6) is -0.0378. The Morgan fingerprint density at radius 2 is 1.88 bits per heavy atom. The van der Waals surface area contributed by atoms with Crippen LogP contribution in [-0.4, -0.2) is 29.7 Å². The Morgan fingerprint density at radius 3 is 2.44 bits per heavy atom. The first-order valence-electron chi connectivity index (χ1n) is 8.99. The summed E-state index contributed by atoms with van der Waals surface area (Å²) < 4.78 is 0. The second kappa shape index (κ2) is 5.05. The van der Waals surface area contributed by atoms with Crippen LogP contribution in [0.3, 0.4) is 0 Å². The van der Waals surface area contributed by atoms with Crippen molar-refractivity contribution in [3.05, 3.63) is 47.5 Å². The fourth-order valence-corrected chi connectivity index (χ4v) is 5.59. The average Bonchev–Trinajstić information content (AvgIpc) is 2.64. The second-order valence-corrected chi connectivity index (χ2v) is 7.72. The molecule has 1 aromatic rings. The number of likely N-dealkylation sites (N-methyl/N-ethyl adjacent to an activating group) is 1. The van der Waals surface area contributed by atoms with Crippen molar-refractivity contribution in [2.45, 2.75) is 38.5 Å². The van der Waals surface area contributed by atoms with Crippen LogP contribution >= 0.6 is 0 Å². The topological polar surface area (TPSA) is 61.2 Å². The molecule has 0 N–H and O–H groups in total. The predicted octanol–water partition coefficient (Wildman–Crippen LogP) is 3.00. The van der Waals surface area contributed by atoms with Crippen molar-refractivity contribution in [1.82, 2.24) is 4.90 Å². The van der Waals surface area contributed by atoms with E-state index >= 15 is 0 Å². The molecule has 0 unspecified atom stereocenters. The Morgan fingerprint density at radius 1 is 1.16 bits per heavy atom. The number of ketones is 1. The van der Waals surface area contributed by atoms with Crippen LogP contribution in [0.25, 0.3) is 0 Å². The fourth-order valence-electron chi connectivity index (χ4n) is 5.59. The quantitative estimate of drug-likeness (QED) is 0.835. The summed E-state index contributed by atoms with van der Waals surface area (Å²) in [6.45, 7) is 5.28. The van der Waals surface area contributed by atoms with Crippen LogP contribution in [0.1, 0.15) is 38.7 Å². The van der Waals surface area contributed by atoms with Gasteiger partial charge in [-0.3, -0.25) is 9.59 Å². The van der Waals surface area contributed by atoms with Gasteiger partial charge in [-0.15, -0.1) is 0 Å². The number of likely N-dealkylation sites (tertiary alicyclic amines) is 1. The molecule has 1 aliphatic heterocycles. The molecular formula is C21H22N2O2. The largest absolute Gasteiger partial charge is 0.342 e. The number of amides is 1. The van der Waals surface area contributed by atoms with Crippen molar-refractivity contribution in [3.63, 3.8) is 0 Å². The van der Waals surface area contributed by atoms with E-state index in [1.54, 1.807) is 6.08 Å². The van der Waals surface area contributed by atoms with Gasteiger partial charge in [0.2, 0.25) is 5.91 Å². The minimum Gasteiger partial charge on any atom is -0.342 e. The zero-order chi connectivity index (χ0) is 17.9. The predicted molar refractivity (Wildman–Crippen MR) is 93.5 cm³/mol. The SMILES string of the molecule is CCN1CC[C@@]23CC[C@]2(C)C(=O)C(C#N)=C[C@@]3(c2ccccc2)C1=O. The van der Waals surface area contributed by atoms with Crippen molar-refractivity contribution in [3.8, 4) is 6.07 Å². The van der Waals surface area contributed by atoms with Gasteiger partial charge in [-0.1, -0.05) is 37.3 Å². The molecule has 2 fully saturated rings. The van der Waals surface area contributed by atoms with Gasteiger partial charge in [0.25, 0.3) is 0 Å². The number of nitrogens with zero attached hydrogens (tertiary/aromatic N) is 2. The van der Waals surface area contributed by atoms with Crippen molar-refractivity contribution < 1.29 is 9.59 Å². The number of benzene rings is 1. The van der Waals surface area contributed by atoms with Gasteiger partial charge < -0.3 is 4.90 Å². The highest BCUT2D eigenvalue weighted by Crippen LogP contribution is 2.72. The Kier molecular flexibility index (Phi) is 3.25. The van der Waals surface area contributed by atoms with Gasteiger partial charge in [0.05, 0.1) is 5.57 Å². The summed E-state index contributed by atoms with van der Waals surface area (Å²) in [6, 6.07) is 11.8. The number of carbonyl (C=O) groups excluding carboxylic acids is 2. The normalized spacial score (nSPS) is 36.7. The molecule has 128 valence electrons. The van der Waals surface area contributed by atoms with Crippen LogP contribution in [0, 0.1) is 22.2 Å². The Hall–Kier alpha value is -2.41. The van der Waals surface area contributed by atoms with Gasteiger partial charge in [0, 0.05) is 23.9 Å². The number of allylic oxidation sites excluding steroid dienone is 1. The third-order valence-electron chi connectivity index (χ3n) is 7.13. The van der Waals surface area contributed by atoms with Crippen molar-refractivity contribution in [2.75, 3.05) is 13.1 Å². The summed E-state index contributed by atoms with van der Waals surface area (Å²) in [6.07, 6.45) is 4.11. The fraction of sp³-hybridized carbons (Fsp3) is 0.476. The summed E-state index contributed by atoms with van der Waals surface area (Å²) in [4.78, 5) is 28.5. The molecule has 1 saturated heterocycles. The van der Waals surface area contributed by atoms with E-state index in [0.717, 1.165) is 24.8 Å². The first-order valence-corrected chi connectivity index (χ1v) is 8.99. The van der Waals surface area contributed by atoms with E-state index in [1.807, 2.05) is 49.1 Å². The molecule has 0 radical (unpaired) electrons. The molecule has 3 aliphatic rings. The van der Waals surface area contributed by atoms with E-state index in [1.165, 1.54) is 0 Å². The van der Waals surface area contributed by atoms with Crippen LogP contribution in [0.4, 0.5) is 0 Å². The first kappa shape index (κ1) is 16.1. The lowest BCUT2D eigenvalue weighted by Gasteiger charge is -2.69. The lowest BCUT2D eigenvalue weighted by Crippen LogP contribution is -2.73. The van der Waals surface area contributed by atoms with E-state index in [-0.39, 0.29) is 17.3 Å². The highest BCUT2D eigenvalue weighted by Gasteiger charge is 2.75. The molecular weight excluding hydrogens is 312 g/mol. The van der Waals surface area contributed by atoms with Gasteiger partial charge in [-0.05, 0) is 37.8 Å². The van der Waals surface area contributed by atoms with Crippen molar-refractivity contribution in [2.24, 2.45) is 10.8 Å². The molecule has 1 aromatic carbocycles. The molecule has 1 amide bonds. The van der Waals surface area contributed by atoms with Crippen molar-refractivity contribution in [1.29, 1.82) is 5.26 Å². The molecule has 4 nitrogen and oxygen atoms in total. The molecule has 2 aliphatic carbocycles. The van der Waals surface area contributed by atoms with E-state index in [0.29, 0.717) is 13.1 Å². The van der Waals surface area contributed by atoms with E-state index < -0.39 is 16.2 Å². The van der Waals surface area contributed by atoms with Crippen LogP contribution in [0.5, 0.6) is 0 Å². The number of piperidine rings is 1. The average molecular weight is 334 g/mol. The zero-order valence-electron chi connectivity index (χ0n) is 14.7. The molecule has 0 aromatic heterocycles. The Balaban J connectivity index is 2.07. The van der Waals surface area contributed by atoms with Crippen molar-refractivity contribution >= 4 is 11.7 Å². The van der Waals surface area contributed by atoms with Crippen LogP contribution in [0.15, 0.2) is 42.0 Å². The monoisotopic (exact) mass is 334 g/mol. The van der Waals surface area contributed by atoms with E-state index in [9.17, 15) is 14.9 Å². The first-order chi connectivity index (χ1) is 12.0. The summed E-state index contributed by atoms with van der Waals surface area (Å²) in [5.41, 5.74) is -0.897. The zero-order valence-corrected chi connectivity index (χ0v) is 14.7. The van der Waals surface area contributed by atoms with Crippen LogP contribution in [0.2, 0.25) is 0 Å². The third-order valence-corrected chi connectivity index (χ3v) is 7.13. The number of nitriles is 1. The number of hydrogen-bond acceptors (Lipinski definition) is 3. The number of rotatable bonds is 2. The molecule has 3 atom stereocenters. The maximum Gasteiger partial charge on any atom is 0.237 e. The summed E-state index contributed by atoms with van der Waals surface area (Å²) in [5, 5.41) is 9.60. The molecule has 4 heteroatoms. The highest BCUT2D eigenvalue weighted by atomic mass is 16.2. The van der Waals surface area contributed by atoms with E-state index in [4.69, 9.17) is 0 Å². The molecule has 1 heterocycles. The van der Waals surface area contributed by atoms with Gasteiger partial charge in [0.15, 0.2) is 5.78 Å². The Labute approximate surface area is 148 Å². The van der Waals surface area contributed by atoms with Crippen LogP contribution < -0.4 is 0 Å². The minimum absolute atomic E-state index is 0.0404. The molecule has 25 heavy (non-hydrogen) atoms. The smallest absolute Gasteiger partial charge is 0.237 e. The standard InChI is InChI=1S/C21H22N2O2/c1-3-23-12-11-20-10-9-19(20,2)17(24)15(14-22)13-21(20,18(23)25)16-7-5-4-6-8-16/h4-8,13H,3,9-12H2,1-2H3/t19-,20+,21-/m1/s1. The lowest BCUT2D eigenvalue weighted by atomic mass is 9.34. The maximum atomic E-state index is 13.7. The minimum atomic E-state index is -0.908. The van der Waals surface area contributed by atoms with Gasteiger partial charge >= 0.3 is 0 Å². The maximum absolute atomic E-state index is 13.7. The molecule has 1 spiro atoms. The summed E-state index contributed by atoms with van der Waals surface area (Å²) >= 11 is 0. The highest BCUT2D eigenvalue weighted by molar-refractivity contribution is 6.09. The van der Waals surface area contributed by atoms with Gasteiger partial charge in [-0.25, -0.2) is 0 Å². The van der Waals surface area contributed by atoms with Gasteiger partial charge in [-0.2, -0.15) is 5.26 Å². The lowest BCUT2D eigenvalue weighted by molar-refractivity contribution is -0.185. The third kappa shape index (κ3) is 1.62. The molecule has 1 saturated carbocycles. The van der Waals surface area contributed by atoms with Gasteiger partial charge in [0.1, 0.15) is 11.5 Å².